The van der Waals surface area contributed by atoms with Gasteiger partial charge in [0.05, 0.1) is 58.9 Å². The SMILES string of the molecule is CC(C(=O)N[C@H](C(=O)N1Cc2cc(OCCOCCOCCOCCOCCN)ccc2C[C@H]1C(=O)N[C@@H]1CCCc2ccccc21)C(C)(C)C)N(C)C(=O)OCc1ccccc1.O=C(O)C(F)(F)F. The monoisotopic (exact) mass is 987 g/mol. The van der Waals surface area contributed by atoms with Crippen molar-refractivity contribution in [3.63, 3.8) is 0 Å². The highest BCUT2D eigenvalue weighted by Crippen LogP contribution is 2.33. The number of rotatable bonds is 23. The molecule has 5 N–H and O–H groups in total. The molecule has 1 heterocycles. The van der Waals surface area contributed by atoms with E-state index < -0.39 is 53.6 Å². The Bertz CT molecular complexity index is 2140. The zero-order valence-electron chi connectivity index (χ0n) is 40.6. The Labute approximate surface area is 407 Å². The topological polar surface area (TPSA) is 218 Å². The van der Waals surface area contributed by atoms with Gasteiger partial charge in [-0.2, -0.15) is 13.2 Å². The molecule has 0 bridgehead atoms. The van der Waals surface area contributed by atoms with Gasteiger partial charge in [-0.15, -0.1) is 0 Å². The highest BCUT2D eigenvalue weighted by molar-refractivity contribution is 5.94. The first-order valence-corrected chi connectivity index (χ1v) is 23.3. The first kappa shape index (κ1) is 56.8. The van der Waals surface area contributed by atoms with Crippen molar-refractivity contribution >= 4 is 29.8 Å². The lowest BCUT2D eigenvalue weighted by Crippen LogP contribution is -2.62. The molecule has 4 amide bonds. The van der Waals surface area contributed by atoms with Crippen molar-refractivity contribution < 1.29 is 70.7 Å². The van der Waals surface area contributed by atoms with Gasteiger partial charge in [0.25, 0.3) is 0 Å². The lowest BCUT2D eigenvalue weighted by atomic mass is 9.83. The maximum absolute atomic E-state index is 14.9. The minimum atomic E-state index is -5.08. The Kier molecular flexibility index (Phi) is 22.8. The van der Waals surface area contributed by atoms with Crippen LogP contribution in [0.1, 0.15) is 74.4 Å². The Morgan fingerprint density at radius 1 is 0.814 bits per heavy atom. The summed E-state index contributed by atoms with van der Waals surface area (Å²) < 4.78 is 65.2. The maximum atomic E-state index is 14.9. The van der Waals surface area contributed by atoms with Crippen LogP contribution >= 0.6 is 0 Å². The number of amides is 4. The summed E-state index contributed by atoms with van der Waals surface area (Å²) >= 11 is 0. The number of benzene rings is 3. The number of aryl methyl sites for hydroxylation is 1. The van der Waals surface area contributed by atoms with E-state index in [1.165, 1.54) is 17.5 Å². The number of carbonyl (C=O) groups excluding carboxylic acids is 4. The second-order valence-electron chi connectivity index (χ2n) is 17.8. The molecule has 0 radical (unpaired) electrons. The number of alkyl halides is 3. The van der Waals surface area contributed by atoms with Gasteiger partial charge in [0.2, 0.25) is 17.7 Å². The molecule has 0 aromatic heterocycles. The van der Waals surface area contributed by atoms with Crippen LogP contribution in [0.5, 0.6) is 5.75 Å². The van der Waals surface area contributed by atoms with Crippen LogP contribution in [0.2, 0.25) is 0 Å². The molecule has 4 atom stereocenters. The van der Waals surface area contributed by atoms with E-state index in [9.17, 15) is 32.3 Å². The standard InChI is InChI=1S/C48H67N5O10.C2HF3O2/c1-34(52(5)47(57)63-33-35-12-7-6-8-13-35)44(54)51-43(48(2,3)4)46(56)53-32-38-30-39(62-29-28-61-27-26-60-25-24-59-23-22-58-21-20-49)19-18-37(38)31-42(53)45(55)50-41-17-11-15-36-14-9-10-16-40(36)41;3-2(4,5)1(6)7/h6-10,12-14,16,18-19,30,34,41-43H,11,15,17,20-29,31-33,49H2,1-5H3,(H,50,55)(H,51,54);(H,6,7)/t34?,41-,42+,43-;/m1./s1. The van der Waals surface area contributed by atoms with Crippen molar-refractivity contribution in [3.05, 3.63) is 101 Å². The van der Waals surface area contributed by atoms with Crippen LogP contribution in [0.25, 0.3) is 0 Å². The second kappa shape index (κ2) is 28.1. The third-order valence-corrected chi connectivity index (χ3v) is 11.5. The second-order valence-corrected chi connectivity index (χ2v) is 17.8. The molecular weight excluding hydrogens is 920 g/mol. The van der Waals surface area contributed by atoms with Gasteiger partial charge < -0.3 is 54.8 Å². The Balaban J connectivity index is 0.00000141. The van der Waals surface area contributed by atoms with Crippen molar-refractivity contribution in [2.75, 3.05) is 73.1 Å². The number of carboxylic acids is 1. The van der Waals surface area contributed by atoms with Crippen molar-refractivity contribution in [3.8, 4) is 5.75 Å². The summed E-state index contributed by atoms with van der Waals surface area (Å²) in [6.07, 6.45) is -2.81. The smallest absolute Gasteiger partial charge is 0.490 e. The lowest BCUT2D eigenvalue weighted by molar-refractivity contribution is -0.192. The molecule has 0 fully saturated rings. The number of carboxylic acid groups (broad SMARTS) is 1. The van der Waals surface area contributed by atoms with Crippen LogP contribution in [0.15, 0.2) is 72.8 Å². The summed E-state index contributed by atoms with van der Waals surface area (Å²) in [4.78, 5) is 67.9. The molecule has 1 aliphatic heterocycles. The number of nitrogens with two attached hydrogens (primary N) is 1. The molecule has 2 aliphatic rings. The lowest BCUT2D eigenvalue weighted by Gasteiger charge is -2.42. The molecule has 70 heavy (non-hydrogen) atoms. The molecule has 20 heteroatoms. The Hall–Kier alpha value is -5.80. The van der Waals surface area contributed by atoms with E-state index in [4.69, 9.17) is 44.1 Å². The van der Waals surface area contributed by atoms with Gasteiger partial charge in [0, 0.05) is 26.6 Å². The number of carbonyl (C=O) groups is 5. The van der Waals surface area contributed by atoms with E-state index in [0.717, 1.165) is 41.5 Å². The molecule has 5 rings (SSSR count). The summed E-state index contributed by atoms with van der Waals surface area (Å²) in [5, 5.41) is 13.4. The third kappa shape index (κ3) is 18.2. The number of ether oxygens (including phenoxy) is 6. The van der Waals surface area contributed by atoms with Gasteiger partial charge in [-0.05, 0) is 71.6 Å². The van der Waals surface area contributed by atoms with Crippen molar-refractivity contribution in [1.82, 2.24) is 20.4 Å². The zero-order valence-corrected chi connectivity index (χ0v) is 40.6. The molecule has 1 unspecified atom stereocenters. The molecule has 386 valence electrons. The van der Waals surface area contributed by atoms with Gasteiger partial charge >= 0.3 is 18.2 Å². The number of hydrogen-bond donors (Lipinski definition) is 4. The molecule has 17 nitrogen and oxygen atoms in total. The molecule has 3 aromatic rings. The molecular formula is C50H68F3N5O12. The van der Waals surface area contributed by atoms with E-state index in [1.54, 1.807) is 11.8 Å². The maximum Gasteiger partial charge on any atom is 0.490 e. The summed E-state index contributed by atoms with van der Waals surface area (Å²) in [5.41, 5.74) is 9.51. The quantitative estimate of drug-likeness (QED) is 0.0882. The van der Waals surface area contributed by atoms with E-state index in [2.05, 4.69) is 22.8 Å². The van der Waals surface area contributed by atoms with Crippen LogP contribution < -0.4 is 21.1 Å². The van der Waals surface area contributed by atoms with Gasteiger partial charge in [-0.1, -0.05) is 81.4 Å². The van der Waals surface area contributed by atoms with E-state index in [-0.39, 0.29) is 31.5 Å². The predicted octanol–water partition coefficient (Wildman–Crippen LogP) is 5.36. The highest BCUT2D eigenvalue weighted by Gasteiger charge is 2.43. The number of halogens is 3. The van der Waals surface area contributed by atoms with Crippen molar-refractivity contribution in [2.45, 2.75) is 96.9 Å². The van der Waals surface area contributed by atoms with Gasteiger partial charge in [-0.25, -0.2) is 9.59 Å². The number of aliphatic carboxylic acids is 1. The molecule has 3 aromatic carbocycles. The summed E-state index contributed by atoms with van der Waals surface area (Å²) in [6.45, 7) is 11.7. The van der Waals surface area contributed by atoms with Gasteiger partial charge in [-0.3, -0.25) is 19.3 Å². The van der Waals surface area contributed by atoms with Crippen LogP contribution in [-0.2, 0) is 68.9 Å². The first-order valence-electron chi connectivity index (χ1n) is 23.3. The fourth-order valence-corrected chi connectivity index (χ4v) is 7.58. The van der Waals surface area contributed by atoms with E-state index >= 15 is 0 Å². The Morgan fingerprint density at radius 3 is 2.00 bits per heavy atom. The largest absolute Gasteiger partial charge is 0.491 e. The normalized spacial score (nSPS) is 16.3. The summed E-state index contributed by atoms with van der Waals surface area (Å²) in [5.74, 6) is -3.35. The summed E-state index contributed by atoms with van der Waals surface area (Å²) in [7, 11) is 1.49. The first-order chi connectivity index (χ1) is 33.3. The molecule has 0 saturated carbocycles. The fourth-order valence-electron chi connectivity index (χ4n) is 7.58. The zero-order chi connectivity index (χ0) is 51.3. The number of hydrogen-bond acceptors (Lipinski definition) is 12. The highest BCUT2D eigenvalue weighted by atomic mass is 19.4. The van der Waals surface area contributed by atoms with Gasteiger partial charge in [0.15, 0.2) is 0 Å². The predicted molar refractivity (Wildman–Crippen MR) is 252 cm³/mol. The molecule has 1 aliphatic carbocycles. The number of nitrogens with one attached hydrogen (secondary N) is 2. The Morgan fingerprint density at radius 2 is 1.40 bits per heavy atom. The number of fused-ring (bicyclic) bond motifs is 2. The number of likely N-dealkylation sites (N-methyl/N-ethyl adjacent to an activating group) is 1. The van der Waals surface area contributed by atoms with Crippen molar-refractivity contribution in [1.29, 1.82) is 0 Å². The van der Waals surface area contributed by atoms with E-state index in [1.807, 2.05) is 81.4 Å². The van der Waals surface area contributed by atoms with Crippen LogP contribution in [0, 0.1) is 5.41 Å². The minimum absolute atomic E-state index is 0.0503. The van der Waals surface area contributed by atoms with E-state index in [0.29, 0.717) is 71.8 Å². The third-order valence-electron chi connectivity index (χ3n) is 11.5. The van der Waals surface area contributed by atoms with Crippen LogP contribution in [-0.4, -0.2) is 142 Å². The van der Waals surface area contributed by atoms with Gasteiger partial charge in [0.1, 0.15) is 37.1 Å². The van der Waals surface area contributed by atoms with Crippen molar-refractivity contribution in [2.24, 2.45) is 11.1 Å². The van der Waals surface area contributed by atoms with Crippen LogP contribution in [0.3, 0.4) is 0 Å². The number of nitrogens with zero attached hydrogens (tertiary/aromatic N) is 2. The fraction of sp³-hybridized carbons (Fsp3) is 0.540. The minimum Gasteiger partial charge on any atom is -0.491 e. The van der Waals surface area contributed by atoms with Crippen LogP contribution in [0.4, 0.5) is 18.0 Å². The summed E-state index contributed by atoms with van der Waals surface area (Å²) in [6, 6.07) is 20.1. The molecule has 0 spiro atoms. The average Bonchev–Trinajstić information content (AvgIpc) is 3.33. The average molecular weight is 988 g/mol. The molecule has 0 saturated heterocycles.